The first-order valence-corrected chi connectivity index (χ1v) is 3.31. The summed E-state index contributed by atoms with van der Waals surface area (Å²) in [6.07, 6.45) is 1.83. The molecular formula is C8H8BNa3O3. The molecule has 0 N–H and O–H groups in total. The van der Waals surface area contributed by atoms with Gasteiger partial charge in [-0.2, -0.15) is 0 Å². The van der Waals surface area contributed by atoms with Crippen LogP contribution in [0.5, 0.6) is 0 Å². The Morgan fingerprint density at radius 1 is 0.933 bits per heavy atom. The van der Waals surface area contributed by atoms with E-state index in [4.69, 9.17) is 15.1 Å². The normalized spacial score (nSPS) is 6.33. The van der Waals surface area contributed by atoms with Crippen LogP contribution in [0, 0.1) is 0 Å². The van der Waals surface area contributed by atoms with Gasteiger partial charge in [-0.3, -0.25) is 7.32 Å². The van der Waals surface area contributed by atoms with Crippen LogP contribution in [0.4, 0.5) is 0 Å². The van der Waals surface area contributed by atoms with Gasteiger partial charge in [-0.05, 0) is 5.56 Å². The van der Waals surface area contributed by atoms with E-state index in [1.54, 1.807) is 0 Å². The van der Waals surface area contributed by atoms with Gasteiger partial charge in [0.25, 0.3) is 0 Å². The van der Waals surface area contributed by atoms with E-state index in [1.807, 2.05) is 36.4 Å². The van der Waals surface area contributed by atoms with Crippen molar-refractivity contribution in [2.75, 3.05) is 0 Å². The third-order valence-electron chi connectivity index (χ3n) is 1.04. The van der Waals surface area contributed by atoms with Gasteiger partial charge in [0.05, 0.1) is 0 Å². The first-order chi connectivity index (χ1) is 5.66. The molecule has 0 aliphatic heterocycles. The van der Waals surface area contributed by atoms with Crippen molar-refractivity contribution in [1.82, 2.24) is 0 Å². The summed E-state index contributed by atoms with van der Waals surface area (Å²) >= 11 is 0. The minimum atomic E-state index is -2.92. The SMILES string of the molecule is C=Cc1ccccc1.[Na+].[Na+].[Na+].[O-]B([O-])[O-]. The van der Waals surface area contributed by atoms with Crippen LogP contribution < -0.4 is 104 Å². The van der Waals surface area contributed by atoms with Gasteiger partial charge < -0.3 is 15.1 Å². The molecule has 0 saturated heterocycles. The molecule has 1 aromatic rings. The molecule has 64 valence electrons. The molecule has 1 aromatic carbocycles. The molecule has 0 radical (unpaired) electrons. The third-order valence-corrected chi connectivity index (χ3v) is 1.04. The second-order valence-corrected chi connectivity index (χ2v) is 1.90. The first kappa shape index (κ1) is 25.7. The summed E-state index contributed by atoms with van der Waals surface area (Å²) < 4.78 is 0. The minimum absolute atomic E-state index is 0. The Bertz CT molecular complexity index is 219. The van der Waals surface area contributed by atoms with E-state index in [1.165, 1.54) is 5.56 Å². The van der Waals surface area contributed by atoms with E-state index < -0.39 is 7.32 Å². The number of benzene rings is 1. The standard InChI is InChI=1S/C8H8.BO3.3Na/c1-2-8-6-4-3-5-7-8;2-1(3)4;;;/h2-7H,1H2;;;;/q;-3;3*+1. The molecule has 0 heterocycles. The molecule has 0 aliphatic carbocycles. The largest absolute Gasteiger partial charge is 1.00 e. The fourth-order valence-electron chi connectivity index (χ4n) is 0.589. The predicted octanol–water partition coefficient (Wildman–Crippen LogP) is -10.6. The first-order valence-electron chi connectivity index (χ1n) is 3.31. The van der Waals surface area contributed by atoms with Crippen molar-refractivity contribution in [2.24, 2.45) is 0 Å². The number of rotatable bonds is 1. The maximum atomic E-state index is 8.42. The van der Waals surface area contributed by atoms with Gasteiger partial charge in [0.15, 0.2) is 0 Å². The van der Waals surface area contributed by atoms with Gasteiger partial charge in [-0.25, -0.2) is 0 Å². The van der Waals surface area contributed by atoms with Crippen molar-refractivity contribution in [2.45, 2.75) is 0 Å². The summed E-state index contributed by atoms with van der Waals surface area (Å²) in [4.78, 5) is 0. The van der Waals surface area contributed by atoms with E-state index in [0.29, 0.717) is 0 Å². The molecule has 0 fully saturated rings. The van der Waals surface area contributed by atoms with Crippen molar-refractivity contribution < 1.29 is 104 Å². The number of hydrogen-bond acceptors (Lipinski definition) is 3. The van der Waals surface area contributed by atoms with Crippen molar-refractivity contribution in [1.29, 1.82) is 0 Å². The Labute approximate surface area is 157 Å². The maximum absolute atomic E-state index is 8.42. The topological polar surface area (TPSA) is 69.2 Å². The zero-order chi connectivity index (χ0) is 9.40. The van der Waals surface area contributed by atoms with Crippen LogP contribution in [0.25, 0.3) is 6.08 Å². The van der Waals surface area contributed by atoms with Crippen LogP contribution in [0.1, 0.15) is 5.56 Å². The van der Waals surface area contributed by atoms with Gasteiger partial charge in [0, 0.05) is 0 Å². The van der Waals surface area contributed by atoms with Crippen molar-refractivity contribution in [3.63, 3.8) is 0 Å². The zero-order valence-corrected chi connectivity index (χ0v) is 15.5. The van der Waals surface area contributed by atoms with E-state index >= 15 is 0 Å². The minimum Gasteiger partial charge on any atom is -0.907 e. The molecule has 7 heteroatoms. The summed E-state index contributed by atoms with van der Waals surface area (Å²) in [5.41, 5.74) is 1.17. The van der Waals surface area contributed by atoms with Crippen LogP contribution >= 0.6 is 0 Å². The van der Waals surface area contributed by atoms with Crippen molar-refractivity contribution in [3.8, 4) is 0 Å². The Hall–Kier alpha value is 1.90. The summed E-state index contributed by atoms with van der Waals surface area (Å²) in [6.45, 7) is 3.63. The monoisotopic (exact) mass is 232 g/mol. The maximum Gasteiger partial charge on any atom is 1.00 e. The van der Waals surface area contributed by atoms with E-state index in [0.717, 1.165) is 0 Å². The van der Waals surface area contributed by atoms with Gasteiger partial charge in [0.2, 0.25) is 0 Å². The third kappa shape index (κ3) is 21.7. The molecule has 0 saturated carbocycles. The van der Waals surface area contributed by atoms with Crippen molar-refractivity contribution in [3.05, 3.63) is 42.5 Å². The summed E-state index contributed by atoms with van der Waals surface area (Å²) in [5.74, 6) is 0. The Kier molecular flexibility index (Phi) is 31.3. The average molecular weight is 232 g/mol. The molecular weight excluding hydrogens is 224 g/mol. The Balaban J connectivity index is -0.0000000779. The van der Waals surface area contributed by atoms with Crippen LogP contribution in [0.15, 0.2) is 36.9 Å². The molecule has 0 bridgehead atoms. The molecule has 0 spiro atoms. The molecule has 0 unspecified atom stereocenters. The summed E-state index contributed by atoms with van der Waals surface area (Å²) in [5, 5.41) is 25.2. The molecule has 0 aromatic heterocycles. The summed E-state index contributed by atoms with van der Waals surface area (Å²) in [6, 6.07) is 10.0. The van der Waals surface area contributed by atoms with Crippen LogP contribution in [-0.2, 0) is 0 Å². The average Bonchev–Trinajstić information content (AvgIpc) is 2.05. The van der Waals surface area contributed by atoms with E-state index in [2.05, 4.69) is 6.58 Å². The summed E-state index contributed by atoms with van der Waals surface area (Å²) in [7, 11) is -2.92. The second kappa shape index (κ2) is 18.3. The predicted molar refractivity (Wildman–Crippen MR) is 42.3 cm³/mol. The molecule has 1 rings (SSSR count). The van der Waals surface area contributed by atoms with Gasteiger partial charge in [-0.1, -0.05) is 43.0 Å². The quantitative estimate of drug-likeness (QED) is 0.451. The van der Waals surface area contributed by atoms with Crippen molar-refractivity contribution >= 4 is 13.4 Å². The van der Waals surface area contributed by atoms with Crippen LogP contribution in [-0.4, -0.2) is 7.32 Å². The molecule has 0 atom stereocenters. The van der Waals surface area contributed by atoms with Gasteiger partial charge in [-0.15, -0.1) is 0 Å². The fourth-order valence-corrected chi connectivity index (χ4v) is 0.589. The fraction of sp³-hybridized carbons (Fsp3) is 0. The van der Waals surface area contributed by atoms with E-state index in [9.17, 15) is 0 Å². The van der Waals surface area contributed by atoms with E-state index in [-0.39, 0.29) is 88.7 Å². The Morgan fingerprint density at radius 3 is 1.47 bits per heavy atom. The number of hydrogen-bond donors (Lipinski definition) is 0. The zero-order valence-electron chi connectivity index (χ0n) is 9.47. The second-order valence-electron chi connectivity index (χ2n) is 1.90. The molecule has 0 amide bonds. The van der Waals surface area contributed by atoms with Gasteiger partial charge >= 0.3 is 88.7 Å². The van der Waals surface area contributed by atoms with Crippen LogP contribution in [0.2, 0.25) is 0 Å². The molecule has 15 heavy (non-hydrogen) atoms. The van der Waals surface area contributed by atoms with Gasteiger partial charge in [0.1, 0.15) is 0 Å². The van der Waals surface area contributed by atoms with Crippen LogP contribution in [0.3, 0.4) is 0 Å². The molecule has 3 nitrogen and oxygen atoms in total. The molecule has 0 aliphatic rings. The smallest absolute Gasteiger partial charge is 0.907 e. The Morgan fingerprint density at radius 2 is 1.27 bits per heavy atom.